The van der Waals surface area contributed by atoms with E-state index in [1.807, 2.05) is 0 Å². The second-order valence-electron chi connectivity index (χ2n) is 7.43. The van der Waals surface area contributed by atoms with Crippen molar-refractivity contribution >= 4 is 12.0 Å². The first-order valence-corrected chi connectivity index (χ1v) is 8.78. The summed E-state index contributed by atoms with van der Waals surface area (Å²) in [6.07, 6.45) is 0.984. The number of ether oxygens (including phenoxy) is 1. The molecule has 5 N–H and O–H groups in total. The smallest absolute Gasteiger partial charge is 0.173 e. The number of rotatable bonds is 5. The number of allylic oxidation sites excluding steroid dienone is 1. The number of carbonyl (C=O) groups excluding carboxylic acids is 1. The van der Waals surface area contributed by atoms with Crippen LogP contribution in [-0.2, 0) is 11.2 Å². The van der Waals surface area contributed by atoms with E-state index in [1.165, 1.54) is 24.3 Å². The van der Waals surface area contributed by atoms with Gasteiger partial charge in [-0.05, 0) is 51.0 Å². The van der Waals surface area contributed by atoms with E-state index in [1.54, 1.807) is 13.8 Å². The molecule has 0 aromatic heterocycles. The molecule has 1 unspecified atom stereocenters. The third-order valence-corrected chi connectivity index (χ3v) is 4.67. The van der Waals surface area contributed by atoms with Crippen LogP contribution < -0.4 is 4.74 Å². The Morgan fingerprint density at radius 2 is 1.71 bits per heavy atom. The van der Waals surface area contributed by atoms with Gasteiger partial charge in [0.2, 0.25) is 0 Å². The van der Waals surface area contributed by atoms with Gasteiger partial charge in [-0.3, -0.25) is 0 Å². The minimum absolute atomic E-state index is 0.0147. The standard InChI is InChI=1S/C21H22O7/c1-21(2,27)8-7-13-15(24)9-16(25)17-14(10-22)18(26)19(28-20(13)17)11-3-5-12(23)6-4-11/h3-6,9-10,14,23-27H,7-8H2,1-2H3. The third-order valence-electron chi connectivity index (χ3n) is 4.67. The first-order chi connectivity index (χ1) is 13.1. The summed E-state index contributed by atoms with van der Waals surface area (Å²) < 4.78 is 5.85. The molecule has 0 radical (unpaired) electrons. The molecular weight excluding hydrogens is 364 g/mol. The zero-order valence-corrected chi connectivity index (χ0v) is 15.5. The minimum Gasteiger partial charge on any atom is -0.508 e. The minimum atomic E-state index is -1.19. The fraction of sp³-hybridized carbons (Fsp3) is 0.286. The van der Waals surface area contributed by atoms with E-state index in [0.29, 0.717) is 17.4 Å². The van der Waals surface area contributed by atoms with Gasteiger partial charge in [0, 0.05) is 17.2 Å². The van der Waals surface area contributed by atoms with Gasteiger partial charge in [-0.1, -0.05) is 0 Å². The Kier molecular flexibility index (Phi) is 4.95. The van der Waals surface area contributed by atoms with Crippen LogP contribution in [0.25, 0.3) is 5.76 Å². The Balaban J connectivity index is 2.15. The average Bonchev–Trinajstić information content (AvgIpc) is 2.61. The lowest BCUT2D eigenvalue weighted by Crippen LogP contribution is -2.21. The molecule has 0 saturated carbocycles. The molecular formula is C21H22O7. The highest BCUT2D eigenvalue weighted by atomic mass is 16.5. The quantitative estimate of drug-likeness (QED) is 0.500. The van der Waals surface area contributed by atoms with Crippen molar-refractivity contribution in [3.63, 3.8) is 0 Å². The number of aliphatic hydroxyl groups excluding tert-OH is 1. The van der Waals surface area contributed by atoms with Gasteiger partial charge in [-0.15, -0.1) is 0 Å². The first-order valence-electron chi connectivity index (χ1n) is 8.78. The normalized spacial score (nSPS) is 16.5. The number of phenolic OH excluding ortho intramolecular Hbond substituents is 3. The molecule has 0 fully saturated rings. The molecule has 1 heterocycles. The number of phenols is 3. The lowest BCUT2D eigenvalue weighted by molar-refractivity contribution is -0.109. The summed E-state index contributed by atoms with van der Waals surface area (Å²) in [6.45, 7) is 3.25. The Bertz CT molecular complexity index is 937. The molecule has 2 aromatic rings. The van der Waals surface area contributed by atoms with Gasteiger partial charge < -0.3 is 35.1 Å². The van der Waals surface area contributed by atoms with Crippen molar-refractivity contribution in [2.45, 2.75) is 38.2 Å². The summed E-state index contributed by atoms with van der Waals surface area (Å²) in [7, 11) is 0. The lowest BCUT2D eigenvalue weighted by Gasteiger charge is -2.28. The molecule has 0 saturated heterocycles. The Labute approximate surface area is 161 Å². The highest BCUT2D eigenvalue weighted by molar-refractivity contribution is 5.82. The molecule has 28 heavy (non-hydrogen) atoms. The van der Waals surface area contributed by atoms with Crippen LogP contribution in [0.3, 0.4) is 0 Å². The van der Waals surface area contributed by atoms with Crippen LogP contribution in [0.4, 0.5) is 0 Å². The second-order valence-corrected chi connectivity index (χ2v) is 7.43. The number of aliphatic hydroxyl groups is 2. The van der Waals surface area contributed by atoms with Crippen molar-refractivity contribution in [2.75, 3.05) is 0 Å². The SMILES string of the molecule is CC(C)(O)CCc1c(O)cc(O)c2c1OC(c1ccc(O)cc1)=C(O)C2C=O. The van der Waals surface area contributed by atoms with Crippen molar-refractivity contribution in [2.24, 2.45) is 0 Å². The fourth-order valence-electron chi connectivity index (χ4n) is 3.16. The van der Waals surface area contributed by atoms with Gasteiger partial charge in [-0.25, -0.2) is 0 Å². The van der Waals surface area contributed by atoms with Crippen molar-refractivity contribution in [3.05, 3.63) is 52.8 Å². The van der Waals surface area contributed by atoms with Crippen molar-refractivity contribution < 1.29 is 35.1 Å². The molecule has 0 spiro atoms. The Hall–Kier alpha value is -3.19. The molecule has 0 amide bonds. The van der Waals surface area contributed by atoms with Crippen LogP contribution in [0.15, 0.2) is 36.1 Å². The van der Waals surface area contributed by atoms with Gasteiger partial charge in [0.15, 0.2) is 11.5 Å². The number of aldehydes is 1. The summed E-state index contributed by atoms with van der Waals surface area (Å²) in [6, 6.07) is 6.91. The van der Waals surface area contributed by atoms with Crippen LogP contribution in [0.5, 0.6) is 23.0 Å². The van der Waals surface area contributed by atoms with Gasteiger partial charge in [0.1, 0.15) is 35.2 Å². The molecule has 3 rings (SSSR count). The van der Waals surface area contributed by atoms with E-state index in [4.69, 9.17) is 4.74 Å². The first kappa shape index (κ1) is 19.6. The van der Waals surface area contributed by atoms with Gasteiger partial charge in [0.05, 0.1) is 11.2 Å². The second kappa shape index (κ2) is 7.09. The van der Waals surface area contributed by atoms with Crippen LogP contribution in [0.1, 0.15) is 42.9 Å². The van der Waals surface area contributed by atoms with E-state index >= 15 is 0 Å². The van der Waals surface area contributed by atoms with Gasteiger partial charge >= 0.3 is 0 Å². The number of fused-ring (bicyclic) bond motifs is 1. The van der Waals surface area contributed by atoms with Gasteiger partial charge in [-0.2, -0.15) is 0 Å². The molecule has 1 aliphatic rings. The van der Waals surface area contributed by atoms with E-state index in [9.17, 15) is 30.3 Å². The maximum absolute atomic E-state index is 11.7. The molecule has 2 aromatic carbocycles. The molecule has 7 nitrogen and oxygen atoms in total. The summed E-state index contributed by atoms with van der Waals surface area (Å²) in [4.78, 5) is 11.7. The Morgan fingerprint density at radius 3 is 2.29 bits per heavy atom. The summed E-state index contributed by atoms with van der Waals surface area (Å²) >= 11 is 0. The number of benzene rings is 2. The van der Waals surface area contributed by atoms with Crippen molar-refractivity contribution in [3.8, 4) is 23.0 Å². The molecule has 1 atom stereocenters. The monoisotopic (exact) mass is 386 g/mol. The van der Waals surface area contributed by atoms with Crippen molar-refractivity contribution in [1.82, 2.24) is 0 Å². The maximum Gasteiger partial charge on any atom is 0.173 e. The van der Waals surface area contributed by atoms with E-state index in [0.717, 1.165) is 6.07 Å². The predicted molar refractivity (Wildman–Crippen MR) is 101 cm³/mol. The zero-order valence-electron chi connectivity index (χ0n) is 15.5. The van der Waals surface area contributed by atoms with E-state index in [2.05, 4.69) is 0 Å². The van der Waals surface area contributed by atoms with Crippen molar-refractivity contribution in [1.29, 1.82) is 0 Å². The fourth-order valence-corrected chi connectivity index (χ4v) is 3.16. The third kappa shape index (κ3) is 3.61. The van der Waals surface area contributed by atoms with Crippen LogP contribution in [-0.4, -0.2) is 37.4 Å². The molecule has 0 bridgehead atoms. The summed E-state index contributed by atoms with van der Waals surface area (Å²) in [5.74, 6) is -2.12. The molecule has 7 heteroatoms. The van der Waals surface area contributed by atoms with Crippen LogP contribution in [0.2, 0.25) is 0 Å². The molecule has 148 valence electrons. The number of hydrogen-bond acceptors (Lipinski definition) is 7. The van der Waals surface area contributed by atoms with Crippen LogP contribution in [0, 0.1) is 0 Å². The number of hydrogen-bond donors (Lipinski definition) is 5. The summed E-state index contributed by atoms with van der Waals surface area (Å²) in [5, 5.41) is 50.7. The largest absolute Gasteiger partial charge is 0.508 e. The van der Waals surface area contributed by atoms with Gasteiger partial charge in [0.25, 0.3) is 0 Å². The summed E-state index contributed by atoms with van der Waals surface area (Å²) in [5.41, 5.74) is -0.235. The highest BCUT2D eigenvalue weighted by Crippen LogP contribution is 2.49. The zero-order chi connectivity index (χ0) is 20.6. The number of aromatic hydroxyl groups is 3. The Morgan fingerprint density at radius 1 is 1.07 bits per heavy atom. The average molecular weight is 386 g/mol. The number of carbonyl (C=O) groups is 1. The maximum atomic E-state index is 11.7. The lowest BCUT2D eigenvalue weighted by atomic mass is 9.88. The van der Waals surface area contributed by atoms with E-state index < -0.39 is 11.5 Å². The predicted octanol–water partition coefficient (Wildman–Crippen LogP) is 3.11. The van der Waals surface area contributed by atoms with E-state index in [-0.39, 0.29) is 52.9 Å². The highest BCUT2D eigenvalue weighted by Gasteiger charge is 2.36. The molecule has 0 aliphatic carbocycles. The van der Waals surface area contributed by atoms with Crippen LogP contribution >= 0.6 is 0 Å². The molecule has 1 aliphatic heterocycles. The topological polar surface area (TPSA) is 127 Å².